The second-order valence-electron chi connectivity index (χ2n) is 14.8. The van der Waals surface area contributed by atoms with Gasteiger partial charge in [-0.05, 0) is 40.2 Å². The zero-order valence-corrected chi connectivity index (χ0v) is 33.4. The van der Waals surface area contributed by atoms with Gasteiger partial charge in [0.25, 0.3) is 0 Å². The van der Waals surface area contributed by atoms with Gasteiger partial charge in [-0.25, -0.2) is 0 Å². The fourth-order valence-corrected chi connectivity index (χ4v) is 6.41. The standard InChI is InChI=1S/C22H19.C21H25.C2H6Si.Zr/c1-2-7-16-14-18-10-6-13-21(22(18)15-16)20-12-5-9-17-8-3-4-11-19(17)20;1-20(2,3)16-9-7-14-11-15-8-10-17(21(4,5)6)13-19(15)18(14)12-16;1-3-2;/h3-6,8-15H,2,7H2,1H3;7,9-10,12-13H,11H2,1-6H3;1-2H3;/q2*-1;;+2. The molecule has 0 unspecified atom stereocenters. The van der Waals surface area contributed by atoms with E-state index in [1.807, 2.05) is 0 Å². The van der Waals surface area contributed by atoms with Gasteiger partial charge in [0, 0.05) is 9.52 Å². The van der Waals surface area contributed by atoms with Crippen molar-refractivity contribution in [3.05, 3.63) is 137 Å². The summed E-state index contributed by atoms with van der Waals surface area (Å²) in [4.78, 5) is 0. The zero-order valence-electron chi connectivity index (χ0n) is 29.9. The van der Waals surface area contributed by atoms with E-state index in [-0.39, 0.29) is 37.0 Å². The third kappa shape index (κ3) is 8.39. The summed E-state index contributed by atoms with van der Waals surface area (Å²) in [5.41, 5.74) is 12.9. The third-order valence-electron chi connectivity index (χ3n) is 8.96. The number of aryl methyl sites for hydroxylation is 1. The molecule has 0 saturated carbocycles. The van der Waals surface area contributed by atoms with Crippen LogP contribution in [-0.2, 0) is 49.9 Å². The first-order valence-corrected chi connectivity index (χ1v) is 18.9. The molecule has 0 atom stereocenters. The van der Waals surface area contributed by atoms with Crippen LogP contribution >= 0.6 is 0 Å². The molecular formula is C45H50SiZr. The Labute approximate surface area is 306 Å². The monoisotopic (exact) mass is 708 g/mol. The van der Waals surface area contributed by atoms with Crippen molar-refractivity contribution in [3.63, 3.8) is 0 Å². The van der Waals surface area contributed by atoms with Gasteiger partial charge in [0.1, 0.15) is 0 Å². The molecule has 47 heavy (non-hydrogen) atoms. The van der Waals surface area contributed by atoms with E-state index in [0.717, 1.165) is 22.4 Å². The summed E-state index contributed by atoms with van der Waals surface area (Å²) in [5, 5.41) is 5.37. The first-order chi connectivity index (χ1) is 21.9. The maximum Gasteiger partial charge on any atom is 2.00 e. The minimum absolute atomic E-state index is 0. The van der Waals surface area contributed by atoms with E-state index in [9.17, 15) is 0 Å². The molecule has 0 saturated heterocycles. The first kappa shape index (κ1) is 36.9. The SMILES string of the molecule is CC(C)(C)c1c[c-]c2c(c1)-c1cc(C(C)(C)C)ccc1C2.CCCc1cc2c(-c3cccc4ccccc34)cccc2[cH-]1.C[Si]C.[Zr+2]. The fraction of sp³-hybridized carbons (Fsp3) is 0.311. The van der Waals surface area contributed by atoms with Crippen molar-refractivity contribution in [3.8, 4) is 22.3 Å². The summed E-state index contributed by atoms with van der Waals surface area (Å²) in [6.07, 6.45) is 3.38. The summed E-state index contributed by atoms with van der Waals surface area (Å²) in [6.45, 7) is 20.2. The second-order valence-corrected chi connectivity index (χ2v) is 15.8. The molecule has 0 amide bonds. The topological polar surface area (TPSA) is 0 Å². The van der Waals surface area contributed by atoms with Gasteiger partial charge in [-0.3, -0.25) is 0 Å². The second kappa shape index (κ2) is 15.5. The average molecular weight is 710 g/mol. The van der Waals surface area contributed by atoms with Gasteiger partial charge in [-0.15, -0.1) is 40.1 Å². The van der Waals surface area contributed by atoms with E-state index in [1.165, 1.54) is 78.0 Å². The van der Waals surface area contributed by atoms with Crippen LogP contribution in [0, 0.1) is 6.07 Å². The van der Waals surface area contributed by atoms with Gasteiger partial charge in [-0.1, -0.05) is 157 Å². The van der Waals surface area contributed by atoms with Crippen LogP contribution in [0.5, 0.6) is 0 Å². The molecule has 1 aliphatic carbocycles. The smallest absolute Gasteiger partial charge is 0.179 e. The summed E-state index contributed by atoms with van der Waals surface area (Å²) in [7, 11) is 1.08. The van der Waals surface area contributed by atoms with Crippen LogP contribution in [0.1, 0.15) is 82.7 Å². The minimum Gasteiger partial charge on any atom is -0.179 e. The Hall–Kier alpha value is -2.93. The first-order valence-electron chi connectivity index (χ1n) is 16.9. The van der Waals surface area contributed by atoms with Crippen LogP contribution in [0.25, 0.3) is 43.8 Å². The molecule has 6 aromatic carbocycles. The van der Waals surface area contributed by atoms with Crippen LogP contribution in [-0.4, -0.2) is 9.52 Å². The molecule has 0 aliphatic heterocycles. The van der Waals surface area contributed by atoms with Crippen LogP contribution in [0.2, 0.25) is 13.1 Å². The van der Waals surface area contributed by atoms with E-state index in [0.29, 0.717) is 0 Å². The van der Waals surface area contributed by atoms with Crippen LogP contribution in [0.4, 0.5) is 0 Å². The molecule has 0 aromatic heterocycles. The third-order valence-corrected chi connectivity index (χ3v) is 8.96. The van der Waals surface area contributed by atoms with Crippen molar-refractivity contribution in [1.29, 1.82) is 0 Å². The van der Waals surface area contributed by atoms with E-state index in [1.54, 1.807) is 0 Å². The van der Waals surface area contributed by atoms with Crippen molar-refractivity contribution in [2.45, 2.75) is 91.7 Å². The molecular weight excluding hydrogens is 660 g/mol. The number of hydrogen-bond donors (Lipinski definition) is 0. The van der Waals surface area contributed by atoms with Gasteiger partial charge in [0.2, 0.25) is 0 Å². The van der Waals surface area contributed by atoms with Crippen molar-refractivity contribution in [2.24, 2.45) is 0 Å². The quantitative estimate of drug-likeness (QED) is 0.127. The predicted octanol–water partition coefficient (Wildman–Crippen LogP) is 12.8. The maximum atomic E-state index is 3.53. The summed E-state index contributed by atoms with van der Waals surface area (Å²) < 4.78 is 0. The molecule has 238 valence electrons. The fourth-order valence-electron chi connectivity index (χ4n) is 6.41. The number of hydrogen-bond acceptors (Lipinski definition) is 0. The molecule has 2 heteroatoms. The van der Waals surface area contributed by atoms with E-state index >= 15 is 0 Å². The van der Waals surface area contributed by atoms with E-state index in [2.05, 4.69) is 171 Å². The molecule has 0 spiro atoms. The zero-order chi connectivity index (χ0) is 33.1. The van der Waals surface area contributed by atoms with Gasteiger partial charge in [-0.2, -0.15) is 35.4 Å². The van der Waals surface area contributed by atoms with Crippen LogP contribution in [0.3, 0.4) is 0 Å². The Kier molecular flexibility index (Phi) is 12.2. The average Bonchev–Trinajstić information content (AvgIpc) is 3.61. The summed E-state index contributed by atoms with van der Waals surface area (Å²) in [6, 6.07) is 41.7. The Morgan fingerprint density at radius 1 is 0.681 bits per heavy atom. The Bertz CT molecular complexity index is 1880. The van der Waals surface area contributed by atoms with Crippen molar-refractivity contribution < 1.29 is 26.2 Å². The Morgan fingerprint density at radius 3 is 1.98 bits per heavy atom. The largest absolute Gasteiger partial charge is 2.00 e. The van der Waals surface area contributed by atoms with Gasteiger partial charge in [0.05, 0.1) is 0 Å². The Morgan fingerprint density at radius 2 is 1.30 bits per heavy atom. The van der Waals surface area contributed by atoms with E-state index < -0.39 is 0 Å². The van der Waals surface area contributed by atoms with Gasteiger partial charge < -0.3 is 0 Å². The number of rotatable bonds is 3. The molecule has 0 bridgehead atoms. The molecule has 0 heterocycles. The van der Waals surface area contributed by atoms with Gasteiger partial charge >= 0.3 is 26.2 Å². The van der Waals surface area contributed by atoms with Crippen molar-refractivity contribution in [1.82, 2.24) is 0 Å². The normalized spacial score (nSPS) is 11.9. The number of fused-ring (bicyclic) bond motifs is 5. The van der Waals surface area contributed by atoms with Crippen molar-refractivity contribution >= 4 is 31.1 Å². The molecule has 1 aliphatic rings. The molecule has 0 N–H and O–H groups in total. The maximum absolute atomic E-state index is 3.53. The minimum atomic E-state index is 0. The van der Waals surface area contributed by atoms with Crippen LogP contribution in [0.15, 0.2) is 103 Å². The van der Waals surface area contributed by atoms with E-state index in [4.69, 9.17) is 0 Å². The summed E-state index contributed by atoms with van der Waals surface area (Å²) in [5.74, 6) is 0. The molecule has 0 fully saturated rings. The van der Waals surface area contributed by atoms with Gasteiger partial charge in [0.15, 0.2) is 0 Å². The number of benzene rings is 5. The molecule has 2 radical (unpaired) electrons. The molecule has 0 nitrogen and oxygen atoms in total. The van der Waals surface area contributed by atoms with Crippen LogP contribution < -0.4 is 0 Å². The molecule has 6 aromatic rings. The van der Waals surface area contributed by atoms with Crippen molar-refractivity contribution in [2.75, 3.05) is 0 Å². The molecule has 7 rings (SSSR count). The predicted molar refractivity (Wildman–Crippen MR) is 205 cm³/mol. The summed E-state index contributed by atoms with van der Waals surface area (Å²) >= 11 is 0. The Balaban J connectivity index is 0.000000193.